The average molecular weight is 269 g/mol. The van der Waals surface area contributed by atoms with Crippen molar-refractivity contribution in [2.75, 3.05) is 6.61 Å². The molecule has 0 aliphatic heterocycles. The molecule has 0 saturated heterocycles. The molecular formula is C9H10O2Sn. The van der Waals surface area contributed by atoms with E-state index in [1.807, 2.05) is 12.1 Å². The van der Waals surface area contributed by atoms with Gasteiger partial charge in [-0.3, -0.25) is 0 Å². The summed E-state index contributed by atoms with van der Waals surface area (Å²) in [6, 6.07) is 7.51. The Hall–Kier alpha value is -0.511. The minimum atomic E-state index is -0.238. The van der Waals surface area contributed by atoms with Crippen LogP contribution in [0.3, 0.4) is 0 Å². The van der Waals surface area contributed by atoms with E-state index >= 15 is 0 Å². The fourth-order valence-corrected chi connectivity index (χ4v) is 1.38. The third-order valence-corrected chi connectivity index (χ3v) is 2.52. The van der Waals surface area contributed by atoms with Crippen molar-refractivity contribution < 1.29 is 9.53 Å². The molecular weight excluding hydrogens is 259 g/mol. The summed E-state index contributed by atoms with van der Waals surface area (Å²) < 4.78 is 6.11. The number of benzene rings is 1. The molecule has 62 valence electrons. The molecule has 0 aromatic heterocycles. The summed E-state index contributed by atoms with van der Waals surface area (Å²) in [4.78, 5) is 11.1. The zero-order chi connectivity index (χ0) is 8.97. The van der Waals surface area contributed by atoms with E-state index in [2.05, 4.69) is 0 Å². The minimum absolute atomic E-state index is 0.238. The zero-order valence-electron chi connectivity index (χ0n) is 6.91. The molecule has 0 aliphatic rings. The predicted octanol–water partition coefficient (Wildman–Crippen LogP) is 0.389. The first-order chi connectivity index (χ1) is 5.74. The van der Waals surface area contributed by atoms with Crippen LogP contribution in [0.5, 0.6) is 0 Å². The molecule has 0 aliphatic carbocycles. The first-order valence-electron chi connectivity index (χ1n) is 3.76. The van der Waals surface area contributed by atoms with Crippen molar-refractivity contribution in [2.45, 2.75) is 6.92 Å². The summed E-state index contributed by atoms with van der Waals surface area (Å²) in [5, 5.41) is 0. The summed E-state index contributed by atoms with van der Waals surface area (Å²) in [5.41, 5.74) is 0.634. The Bertz CT molecular complexity index is 266. The summed E-state index contributed by atoms with van der Waals surface area (Å²) in [7, 11) is 0. The first-order valence-corrected chi connectivity index (χ1v) is 5.41. The quantitative estimate of drug-likeness (QED) is 0.573. The number of esters is 1. The maximum absolute atomic E-state index is 11.1. The number of carbonyl (C=O) groups is 1. The van der Waals surface area contributed by atoms with Crippen molar-refractivity contribution >= 4 is 32.1 Å². The SMILES string of the molecule is CCOC(=O)c1cc[c]([SnH])cc1. The fourth-order valence-electron chi connectivity index (χ4n) is 0.834. The van der Waals surface area contributed by atoms with E-state index in [1.165, 1.54) is 3.58 Å². The Morgan fingerprint density at radius 1 is 1.42 bits per heavy atom. The second kappa shape index (κ2) is 4.50. The van der Waals surface area contributed by atoms with Gasteiger partial charge in [-0.2, -0.15) is 0 Å². The van der Waals surface area contributed by atoms with E-state index in [1.54, 1.807) is 19.1 Å². The number of carbonyl (C=O) groups excluding carboxylic acids is 1. The van der Waals surface area contributed by atoms with Crippen molar-refractivity contribution in [2.24, 2.45) is 0 Å². The summed E-state index contributed by atoms with van der Waals surface area (Å²) >= 11 is 1.08. The van der Waals surface area contributed by atoms with Crippen molar-refractivity contribution in [3.63, 3.8) is 0 Å². The van der Waals surface area contributed by atoms with Crippen molar-refractivity contribution in [1.82, 2.24) is 0 Å². The maximum atomic E-state index is 11.1. The topological polar surface area (TPSA) is 26.3 Å². The first kappa shape index (κ1) is 9.58. The van der Waals surface area contributed by atoms with Gasteiger partial charge in [0.2, 0.25) is 0 Å². The van der Waals surface area contributed by atoms with E-state index in [9.17, 15) is 4.79 Å². The third kappa shape index (κ3) is 2.51. The van der Waals surface area contributed by atoms with Gasteiger partial charge in [-0.05, 0) is 0 Å². The molecule has 2 nitrogen and oxygen atoms in total. The third-order valence-electron chi connectivity index (χ3n) is 1.42. The molecule has 1 rings (SSSR count). The Morgan fingerprint density at radius 3 is 2.50 bits per heavy atom. The molecule has 2 radical (unpaired) electrons. The molecule has 0 atom stereocenters. The van der Waals surface area contributed by atoms with Crippen LogP contribution in [0.2, 0.25) is 0 Å². The molecule has 1 aromatic carbocycles. The second-order valence-electron chi connectivity index (χ2n) is 2.34. The molecule has 0 spiro atoms. The van der Waals surface area contributed by atoms with Gasteiger partial charge in [0.05, 0.1) is 0 Å². The van der Waals surface area contributed by atoms with Crippen LogP contribution in [-0.4, -0.2) is 35.1 Å². The van der Waals surface area contributed by atoms with Gasteiger partial charge in [0.25, 0.3) is 0 Å². The Balaban J connectivity index is 2.75. The van der Waals surface area contributed by atoms with Crippen LogP contribution in [0, 0.1) is 0 Å². The standard InChI is InChI=1S/C9H9O2.Sn.H/c1-2-11-9(10)8-6-4-3-5-7-8;;/h4-7H,2H2,1H3;;. The Morgan fingerprint density at radius 2 is 2.00 bits per heavy atom. The Labute approximate surface area is 85.0 Å². The van der Waals surface area contributed by atoms with Gasteiger partial charge in [-0.1, -0.05) is 0 Å². The number of rotatable bonds is 2. The number of hydrogen-bond donors (Lipinski definition) is 0. The van der Waals surface area contributed by atoms with Gasteiger partial charge in [-0.25, -0.2) is 0 Å². The average Bonchev–Trinajstić information content (AvgIpc) is 2.06. The van der Waals surface area contributed by atoms with Gasteiger partial charge in [-0.15, -0.1) is 0 Å². The fraction of sp³-hybridized carbons (Fsp3) is 0.222. The monoisotopic (exact) mass is 270 g/mol. The molecule has 0 heterocycles. The van der Waals surface area contributed by atoms with Gasteiger partial charge in [0.1, 0.15) is 0 Å². The van der Waals surface area contributed by atoms with Crippen LogP contribution in [0.15, 0.2) is 24.3 Å². The summed E-state index contributed by atoms with van der Waals surface area (Å²) in [6.45, 7) is 2.24. The normalized spacial score (nSPS) is 9.50. The summed E-state index contributed by atoms with van der Waals surface area (Å²) in [5.74, 6) is -0.238. The molecule has 0 fully saturated rings. The predicted molar refractivity (Wildman–Crippen MR) is 49.2 cm³/mol. The van der Waals surface area contributed by atoms with Crippen LogP contribution in [-0.2, 0) is 4.74 Å². The molecule has 0 bridgehead atoms. The van der Waals surface area contributed by atoms with Crippen LogP contribution < -0.4 is 3.58 Å². The van der Waals surface area contributed by atoms with Crippen molar-refractivity contribution in [3.8, 4) is 0 Å². The molecule has 0 unspecified atom stereocenters. The van der Waals surface area contributed by atoms with Crippen LogP contribution in [0.25, 0.3) is 0 Å². The van der Waals surface area contributed by atoms with Gasteiger partial charge >= 0.3 is 85.0 Å². The van der Waals surface area contributed by atoms with Crippen LogP contribution in [0.1, 0.15) is 17.3 Å². The van der Waals surface area contributed by atoms with E-state index in [0.717, 1.165) is 22.5 Å². The molecule has 3 heteroatoms. The molecule has 1 aromatic rings. The van der Waals surface area contributed by atoms with Gasteiger partial charge < -0.3 is 0 Å². The van der Waals surface area contributed by atoms with E-state index in [-0.39, 0.29) is 5.97 Å². The van der Waals surface area contributed by atoms with Gasteiger partial charge in [0.15, 0.2) is 0 Å². The van der Waals surface area contributed by atoms with Gasteiger partial charge in [0, 0.05) is 0 Å². The van der Waals surface area contributed by atoms with Crippen molar-refractivity contribution in [1.29, 1.82) is 0 Å². The molecule has 12 heavy (non-hydrogen) atoms. The van der Waals surface area contributed by atoms with Crippen LogP contribution >= 0.6 is 0 Å². The second-order valence-corrected chi connectivity index (χ2v) is 4.25. The van der Waals surface area contributed by atoms with Crippen molar-refractivity contribution in [3.05, 3.63) is 29.8 Å². The molecule has 0 amide bonds. The summed E-state index contributed by atoms with van der Waals surface area (Å²) in [6.07, 6.45) is 0. The number of ether oxygens (including phenoxy) is 1. The van der Waals surface area contributed by atoms with E-state index < -0.39 is 0 Å². The zero-order valence-corrected chi connectivity index (χ0v) is 10.2. The van der Waals surface area contributed by atoms with Crippen LogP contribution in [0.4, 0.5) is 0 Å². The van der Waals surface area contributed by atoms with E-state index in [0.29, 0.717) is 12.2 Å². The van der Waals surface area contributed by atoms with E-state index in [4.69, 9.17) is 4.74 Å². The molecule has 0 saturated carbocycles. The molecule has 0 N–H and O–H groups in total. The Kier molecular flexibility index (Phi) is 3.59. The number of hydrogen-bond acceptors (Lipinski definition) is 2.